The summed E-state index contributed by atoms with van der Waals surface area (Å²) in [6, 6.07) is 14.8. The first-order valence-corrected chi connectivity index (χ1v) is 11.4. The number of benzene rings is 2. The summed E-state index contributed by atoms with van der Waals surface area (Å²) in [5.74, 6) is -2.28. The maximum atomic E-state index is 12.8. The van der Waals surface area contributed by atoms with Crippen molar-refractivity contribution in [3.63, 3.8) is 0 Å². The predicted molar refractivity (Wildman–Crippen MR) is 129 cm³/mol. The van der Waals surface area contributed by atoms with Crippen LogP contribution in [-0.2, 0) is 19.1 Å². The van der Waals surface area contributed by atoms with Crippen molar-refractivity contribution in [1.82, 2.24) is 10.6 Å². The molecule has 2 amide bonds. The van der Waals surface area contributed by atoms with Crippen LogP contribution in [0.4, 0.5) is 4.79 Å². The van der Waals surface area contributed by atoms with E-state index in [2.05, 4.69) is 10.6 Å². The van der Waals surface area contributed by atoms with Crippen molar-refractivity contribution in [2.45, 2.75) is 50.4 Å². The molecule has 0 radical (unpaired) electrons. The van der Waals surface area contributed by atoms with E-state index in [4.69, 9.17) is 14.6 Å². The van der Waals surface area contributed by atoms with E-state index in [9.17, 15) is 19.5 Å². The molecule has 2 atom stereocenters. The number of rotatable bonds is 10. The summed E-state index contributed by atoms with van der Waals surface area (Å²) in [7, 11) is 1.48. The summed E-state index contributed by atoms with van der Waals surface area (Å²) in [4.78, 5) is 36.6. The number of carboxylic acids is 1. The van der Waals surface area contributed by atoms with Crippen LogP contribution in [0.15, 0.2) is 48.5 Å². The lowest BCUT2D eigenvalue weighted by atomic mass is 9.97. The maximum absolute atomic E-state index is 12.8. The van der Waals surface area contributed by atoms with Crippen LogP contribution >= 0.6 is 0 Å². The highest BCUT2D eigenvalue weighted by atomic mass is 16.5. The van der Waals surface area contributed by atoms with Gasteiger partial charge in [-0.05, 0) is 43.0 Å². The number of methoxy groups -OCH3 is 1. The van der Waals surface area contributed by atoms with Gasteiger partial charge >= 0.3 is 12.1 Å². The molecule has 188 valence electrons. The summed E-state index contributed by atoms with van der Waals surface area (Å²) in [5, 5.41) is 23.9. The Kier molecular flexibility index (Phi) is 7.82. The van der Waals surface area contributed by atoms with E-state index in [0.717, 1.165) is 29.2 Å². The Morgan fingerprint density at radius 2 is 1.54 bits per heavy atom. The van der Waals surface area contributed by atoms with Gasteiger partial charge in [0.2, 0.25) is 5.91 Å². The fraction of sp³-hybridized carbons (Fsp3) is 0.423. The van der Waals surface area contributed by atoms with Crippen molar-refractivity contribution in [3.05, 3.63) is 59.7 Å². The molecule has 9 heteroatoms. The number of ether oxygens (including phenoxy) is 2. The summed E-state index contributed by atoms with van der Waals surface area (Å²) in [5.41, 5.74) is 1.40. The Morgan fingerprint density at radius 1 is 1.00 bits per heavy atom. The van der Waals surface area contributed by atoms with Gasteiger partial charge in [-0.25, -0.2) is 9.59 Å². The number of carbonyl (C=O) groups is 3. The number of carboxylic acid groups (broad SMARTS) is 1. The third kappa shape index (κ3) is 6.17. The van der Waals surface area contributed by atoms with Crippen molar-refractivity contribution in [3.8, 4) is 11.1 Å². The number of alkyl carbamates (subject to hydrolysis) is 1. The number of aliphatic hydroxyl groups is 1. The molecule has 1 aliphatic carbocycles. The standard InChI is InChI=1S/C26H32N2O7/c1-25(2,34-4)13-21(22(29)27-15-26(3,33)23(30)31)28-24(32)35-14-20-18-11-7-5-9-16(18)17-10-6-8-12-19(17)20/h5-12,20-21,33H,13-15H2,1-4H3,(H,27,29)(H,28,32)(H,30,31). The largest absolute Gasteiger partial charge is 0.479 e. The van der Waals surface area contributed by atoms with Crippen molar-refractivity contribution in [2.75, 3.05) is 20.3 Å². The molecule has 0 bridgehead atoms. The fourth-order valence-corrected chi connectivity index (χ4v) is 4.02. The molecule has 0 heterocycles. The zero-order chi connectivity index (χ0) is 25.8. The molecule has 4 N–H and O–H groups in total. The molecule has 2 unspecified atom stereocenters. The third-order valence-corrected chi connectivity index (χ3v) is 6.27. The molecule has 0 spiro atoms. The van der Waals surface area contributed by atoms with Gasteiger partial charge in [0.1, 0.15) is 12.6 Å². The molecule has 35 heavy (non-hydrogen) atoms. The maximum Gasteiger partial charge on any atom is 0.407 e. The lowest BCUT2D eigenvalue weighted by molar-refractivity contribution is -0.156. The lowest BCUT2D eigenvalue weighted by Crippen LogP contribution is -2.54. The Labute approximate surface area is 204 Å². The number of aliphatic carboxylic acids is 1. The Bertz CT molecular complexity index is 1050. The minimum Gasteiger partial charge on any atom is -0.479 e. The molecule has 0 aliphatic heterocycles. The molecule has 2 aromatic rings. The molecule has 0 saturated carbocycles. The van der Waals surface area contributed by atoms with Crippen LogP contribution < -0.4 is 10.6 Å². The van der Waals surface area contributed by atoms with Crippen molar-refractivity contribution < 1.29 is 34.1 Å². The average molecular weight is 485 g/mol. The number of nitrogens with one attached hydrogen (secondary N) is 2. The molecule has 0 aromatic heterocycles. The second-order valence-electron chi connectivity index (χ2n) is 9.49. The Hall–Kier alpha value is -3.43. The van der Waals surface area contributed by atoms with E-state index in [1.165, 1.54) is 7.11 Å². The minimum absolute atomic E-state index is 0.0790. The van der Waals surface area contributed by atoms with Crippen molar-refractivity contribution >= 4 is 18.0 Å². The number of fused-ring (bicyclic) bond motifs is 3. The van der Waals surface area contributed by atoms with Crippen LogP contribution in [0.5, 0.6) is 0 Å². The Balaban J connectivity index is 1.69. The number of carbonyl (C=O) groups excluding carboxylic acids is 2. The summed E-state index contributed by atoms with van der Waals surface area (Å²) in [6.07, 6.45) is -0.696. The number of hydrogen-bond acceptors (Lipinski definition) is 6. The second kappa shape index (κ2) is 10.5. The van der Waals surface area contributed by atoms with Gasteiger partial charge in [-0.2, -0.15) is 0 Å². The van der Waals surface area contributed by atoms with Gasteiger partial charge in [0.15, 0.2) is 5.60 Å². The first-order chi connectivity index (χ1) is 16.4. The third-order valence-electron chi connectivity index (χ3n) is 6.27. The average Bonchev–Trinajstić information content (AvgIpc) is 3.14. The molecule has 2 aromatic carbocycles. The van der Waals surface area contributed by atoms with Crippen LogP contribution in [0.3, 0.4) is 0 Å². The van der Waals surface area contributed by atoms with Gasteiger partial charge in [0.05, 0.1) is 12.1 Å². The monoisotopic (exact) mass is 484 g/mol. The van der Waals surface area contributed by atoms with Crippen LogP contribution in [0.25, 0.3) is 11.1 Å². The van der Waals surface area contributed by atoms with Gasteiger partial charge in [-0.3, -0.25) is 4.79 Å². The Morgan fingerprint density at radius 3 is 2.06 bits per heavy atom. The van der Waals surface area contributed by atoms with Crippen molar-refractivity contribution in [1.29, 1.82) is 0 Å². The van der Waals surface area contributed by atoms with Crippen LogP contribution in [0.2, 0.25) is 0 Å². The minimum atomic E-state index is -2.15. The molecular formula is C26H32N2O7. The topological polar surface area (TPSA) is 134 Å². The van der Waals surface area contributed by atoms with Gasteiger partial charge < -0.3 is 30.3 Å². The van der Waals surface area contributed by atoms with E-state index in [0.29, 0.717) is 0 Å². The van der Waals surface area contributed by atoms with E-state index < -0.39 is 41.8 Å². The molecule has 3 rings (SSSR count). The van der Waals surface area contributed by atoms with E-state index in [1.54, 1.807) is 13.8 Å². The quantitative estimate of drug-likeness (QED) is 0.407. The summed E-state index contributed by atoms with van der Waals surface area (Å²) < 4.78 is 10.9. The predicted octanol–water partition coefficient (Wildman–Crippen LogP) is 2.66. The summed E-state index contributed by atoms with van der Waals surface area (Å²) in [6.45, 7) is 4.12. The molecule has 0 saturated heterocycles. The SMILES string of the molecule is COC(C)(C)CC(NC(=O)OCC1c2ccccc2-c2ccccc21)C(=O)NCC(C)(O)C(=O)O. The fourth-order valence-electron chi connectivity index (χ4n) is 4.02. The highest BCUT2D eigenvalue weighted by Gasteiger charge is 2.35. The highest BCUT2D eigenvalue weighted by molar-refractivity contribution is 5.87. The first-order valence-electron chi connectivity index (χ1n) is 11.4. The van der Waals surface area contributed by atoms with Gasteiger partial charge in [-0.15, -0.1) is 0 Å². The second-order valence-corrected chi connectivity index (χ2v) is 9.49. The smallest absolute Gasteiger partial charge is 0.407 e. The van der Waals surface area contributed by atoms with Crippen LogP contribution in [-0.4, -0.2) is 65.7 Å². The van der Waals surface area contributed by atoms with E-state index in [1.807, 2.05) is 48.5 Å². The molecular weight excluding hydrogens is 452 g/mol. The van der Waals surface area contributed by atoms with Crippen molar-refractivity contribution in [2.24, 2.45) is 0 Å². The zero-order valence-corrected chi connectivity index (χ0v) is 20.3. The molecule has 1 aliphatic rings. The highest BCUT2D eigenvalue weighted by Crippen LogP contribution is 2.44. The molecule has 9 nitrogen and oxygen atoms in total. The van der Waals surface area contributed by atoms with E-state index >= 15 is 0 Å². The van der Waals surface area contributed by atoms with Crippen LogP contribution in [0.1, 0.15) is 44.2 Å². The van der Waals surface area contributed by atoms with Gasteiger partial charge in [-0.1, -0.05) is 48.5 Å². The zero-order valence-electron chi connectivity index (χ0n) is 20.3. The molecule has 0 fully saturated rings. The normalized spacial score (nSPS) is 15.3. The van der Waals surface area contributed by atoms with E-state index in [-0.39, 0.29) is 18.9 Å². The first kappa shape index (κ1) is 26.2. The summed E-state index contributed by atoms with van der Waals surface area (Å²) >= 11 is 0. The number of hydrogen-bond donors (Lipinski definition) is 4. The van der Waals surface area contributed by atoms with Gasteiger partial charge in [0, 0.05) is 19.4 Å². The lowest BCUT2D eigenvalue weighted by Gasteiger charge is -2.29. The van der Waals surface area contributed by atoms with Gasteiger partial charge in [0.25, 0.3) is 0 Å². The number of amides is 2. The van der Waals surface area contributed by atoms with Crippen LogP contribution in [0, 0.1) is 0 Å².